The number of carbonyl (C=O) groups excluding carboxylic acids is 1. The fraction of sp³-hybridized carbons (Fsp3) is 0.357. The van der Waals surface area contributed by atoms with Crippen molar-refractivity contribution in [2.75, 3.05) is 19.6 Å². The first-order valence-electron chi connectivity index (χ1n) is 6.74. The van der Waals surface area contributed by atoms with Crippen molar-refractivity contribution in [3.63, 3.8) is 0 Å². The van der Waals surface area contributed by atoms with Crippen LogP contribution in [-0.2, 0) is 0 Å². The van der Waals surface area contributed by atoms with Crippen molar-refractivity contribution < 1.29 is 4.79 Å². The van der Waals surface area contributed by atoms with E-state index in [1.807, 2.05) is 29.3 Å². The second-order valence-electron chi connectivity index (χ2n) is 4.94. The summed E-state index contributed by atoms with van der Waals surface area (Å²) in [6.45, 7) is 4.34. The molecule has 0 aliphatic carbocycles. The zero-order valence-corrected chi connectivity index (χ0v) is 11.4. The van der Waals surface area contributed by atoms with Crippen LogP contribution in [0.4, 0.5) is 0 Å². The minimum Gasteiger partial charge on any atom is -0.334 e. The first-order chi connectivity index (χ1) is 9.74. The number of rotatable bonds is 2. The van der Waals surface area contributed by atoms with Crippen LogP contribution in [-0.4, -0.2) is 51.2 Å². The summed E-state index contributed by atoms with van der Waals surface area (Å²) in [4.78, 5) is 18.7. The summed E-state index contributed by atoms with van der Waals surface area (Å²) in [6, 6.07) is 7.57. The Morgan fingerprint density at radius 1 is 1.40 bits per heavy atom. The molecule has 104 valence electrons. The smallest absolute Gasteiger partial charge is 0.272 e. The molecule has 1 saturated heterocycles. The average molecular weight is 271 g/mol. The maximum Gasteiger partial charge on any atom is 0.272 e. The number of nitrogens with one attached hydrogen (secondary N) is 1. The zero-order valence-electron chi connectivity index (χ0n) is 11.4. The monoisotopic (exact) mass is 271 g/mol. The summed E-state index contributed by atoms with van der Waals surface area (Å²) in [5.41, 5.74) is 0.465. The molecule has 2 aromatic heterocycles. The maximum absolute atomic E-state index is 12.5. The highest BCUT2D eigenvalue weighted by molar-refractivity contribution is 5.92. The van der Waals surface area contributed by atoms with E-state index in [0.717, 1.165) is 13.1 Å². The molecule has 3 heterocycles. The Balaban J connectivity index is 1.83. The molecule has 0 spiro atoms. The van der Waals surface area contributed by atoms with Crippen LogP contribution < -0.4 is 5.32 Å². The summed E-state index contributed by atoms with van der Waals surface area (Å²) in [6.07, 6.45) is 3.50. The number of aromatic nitrogens is 3. The third kappa shape index (κ3) is 2.55. The first-order valence-corrected chi connectivity index (χ1v) is 6.74. The van der Waals surface area contributed by atoms with Crippen molar-refractivity contribution in [3.8, 4) is 5.82 Å². The van der Waals surface area contributed by atoms with Crippen molar-refractivity contribution in [2.24, 2.45) is 0 Å². The molecule has 6 heteroatoms. The van der Waals surface area contributed by atoms with Gasteiger partial charge in [0.1, 0.15) is 5.69 Å². The van der Waals surface area contributed by atoms with Gasteiger partial charge in [0.15, 0.2) is 5.82 Å². The zero-order chi connectivity index (χ0) is 13.9. The van der Waals surface area contributed by atoms with Crippen LogP contribution in [0.25, 0.3) is 5.82 Å². The lowest BCUT2D eigenvalue weighted by Crippen LogP contribution is -2.51. The van der Waals surface area contributed by atoms with E-state index in [4.69, 9.17) is 0 Å². The van der Waals surface area contributed by atoms with Gasteiger partial charge in [-0.1, -0.05) is 6.07 Å². The van der Waals surface area contributed by atoms with Gasteiger partial charge in [-0.05, 0) is 25.1 Å². The predicted octanol–water partition coefficient (Wildman–Crippen LogP) is 0.701. The highest BCUT2D eigenvalue weighted by atomic mass is 16.2. The highest BCUT2D eigenvalue weighted by Crippen LogP contribution is 2.09. The van der Waals surface area contributed by atoms with E-state index < -0.39 is 0 Å². The Bertz CT molecular complexity index is 595. The quantitative estimate of drug-likeness (QED) is 0.873. The number of hydrogen-bond acceptors (Lipinski definition) is 4. The molecule has 1 atom stereocenters. The number of hydrogen-bond donors (Lipinski definition) is 1. The molecule has 20 heavy (non-hydrogen) atoms. The molecule has 1 aliphatic rings. The fourth-order valence-corrected chi connectivity index (χ4v) is 2.35. The lowest BCUT2D eigenvalue weighted by atomic mass is 10.2. The van der Waals surface area contributed by atoms with E-state index in [1.165, 1.54) is 0 Å². The molecule has 0 unspecified atom stereocenters. The second-order valence-corrected chi connectivity index (χ2v) is 4.94. The van der Waals surface area contributed by atoms with Gasteiger partial charge in [0.25, 0.3) is 5.91 Å². The van der Waals surface area contributed by atoms with Crippen LogP contribution in [0.5, 0.6) is 0 Å². The molecule has 1 aliphatic heterocycles. The van der Waals surface area contributed by atoms with Crippen LogP contribution >= 0.6 is 0 Å². The Labute approximate surface area is 117 Å². The Morgan fingerprint density at radius 3 is 3.05 bits per heavy atom. The Hall–Kier alpha value is -2.21. The van der Waals surface area contributed by atoms with Crippen LogP contribution in [0.15, 0.2) is 36.7 Å². The van der Waals surface area contributed by atoms with Gasteiger partial charge < -0.3 is 10.2 Å². The minimum atomic E-state index is -0.0210. The predicted molar refractivity (Wildman–Crippen MR) is 74.7 cm³/mol. The summed E-state index contributed by atoms with van der Waals surface area (Å²) in [5.74, 6) is 0.636. The number of amides is 1. The maximum atomic E-state index is 12.5. The third-order valence-corrected chi connectivity index (χ3v) is 3.35. The molecule has 2 aromatic rings. The second kappa shape index (κ2) is 5.42. The molecule has 1 amide bonds. The lowest BCUT2D eigenvalue weighted by Gasteiger charge is -2.31. The van der Waals surface area contributed by atoms with Gasteiger partial charge in [0, 0.05) is 38.1 Å². The van der Waals surface area contributed by atoms with E-state index in [-0.39, 0.29) is 5.91 Å². The van der Waals surface area contributed by atoms with Gasteiger partial charge in [-0.15, -0.1) is 0 Å². The molecule has 0 radical (unpaired) electrons. The molecular weight excluding hydrogens is 254 g/mol. The summed E-state index contributed by atoms with van der Waals surface area (Å²) >= 11 is 0. The van der Waals surface area contributed by atoms with Crippen molar-refractivity contribution in [2.45, 2.75) is 13.0 Å². The van der Waals surface area contributed by atoms with Gasteiger partial charge in [-0.2, -0.15) is 5.10 Å². The standard InChI is InChI=1S/C14H17N5O/c1-11-10-18(9-7-15-11)14(20)12-4-2-5-13(17-12)19-8-3-6-16-19/h2-6,8,11,15H,7,9-10H2,1H3/t11-/m1/s1. The van der Waals surface area contributed by atoms with Crippen LogP contribution in [0.3, 0.4) is 0 Å². The third-order valence-electron chi connectivity index (χ3n) is 3.35. The van der Waals surface area contributed by atoms with Gasteiger partial charge in [-0.25, -0.2) is 9.67 Å². The fourth-order valence-electron chi connectivity index (χ4n) is 2.35. The average Bonchev–Trinajstić information content (AvgIpc) is 3.01. The Kier molecular flexibility index (Phi) is 3.47. The van der Waals surface area contributed by atoms with Gasteiger partial charge >= 0.3 is 0 Å². The van der Waals surface area contributed by atoms with E-state index in [0.29, 0.717) is 24.1 Å². The van der Waals surface area contributed by atoms with E-state index in [1.54, 1.807) is 16.9 Å². The SMILES string of the molecule is C[C@@H]1CN(C(=O)c2cccc(-n3cccn3)n2)CCN1. The minimum absolute atomic E-state index is 0.0210. The highest BCUT2D eigenvalue weighted by Gasteiger charge is 2.22. The molecule has 0 saturated carbocycles. The number of carbonyl (C=O) groups is 1. The molecule has 1 fully saturated rings. The van der Waals surface area contributed by atoms with Crippen molar-refractivity contribution in [1.82, 2.24) is 25.0 Å². The normalized spacial score (nSPS) is 19.1. The molecule has 3 rings (SSSR count). The van der Waals surface area contributed by atoms with Crippen molar-refractivity contribution in [1.29, 1.82) is 0 Å². The lowest BCUT2D eigenvalue weighted by molar-refractivity contribution is 0.0703. The number of piperazine rings is 1. The van der Waals surface area contributed by atoms with E-state index in [2.05, 4.69) is 22.3 Å². The van der Waals surface area contributed by atoms with Crippen LogP contribution in [0.2, 0.25) is 0 Å². The van der Waals surface area contributed by atoms with Gasteiger partial charge in [-0.3, -0.25) is 4.79 Å². The molecule has 0 bridgehead atoms. The van der Waals surface area contributed by atoms with Crippen molar-refractivity contribution >= 4 is 5.91 Å². The summed E-state index contributed by atoms with van der Waals surface area (Å²) < 4.78 is 1.65. The first kappa shape index (κ1) is 12.8. The number of pyridine rings is 1. The molecule has 0 aromatic carbocycles. The van der Waals surface area contributed by atoms with Crippen LogP contribution in [0, 0.1) is 0 Å². The topological polar surface area (TPSA) is 63.1 Å². The molecule has 1 N–H and O–H groups in total. The van der Waals surface area contributed by atoms with E-state index >= 15 is 0 Å². The van der Waals surface area contributed by atoms with Crippen molar-refractivity contribution in [3.05, 3.63) is 42.4 Å². The van der Waals surface area contributed by atoms with Gasteiger partial charge in [0.2, 0.25) is 0 Å². The Morgan fingerprint density at radius 2 is 2.30 bits per heavy atom. The van der Waals surface area contributed by atoms with Gasteiger partial charge in [0.05, 0.1) is 0 Å². The van der Waals surface area contributed by atoms with E-state index in [9.17, 15) is 4.79 Å². The summed E-state index contributed by atoms with van der Waals surface area (Å²) in [5, 5.41) is 7.45. The largest absolute Gasteiger partial charge is 0.334 e. The summed E-state index contributed by atoms with van der Waals surface area (Å²) in [7, 11) is 0. The molecular formula is C14H17N5O. The van der Waals surface area contributed by atoms with Crippen LogP contribution in [0.1, 0.15) is 17.4 Å². The molecule has 6 nitrogen and oxygen atoms in total. The number of nitrogens with zero attached hydrogens (tertiary/aromatic N) is 4.